The third-order valence-electron chi connectivity index (χ3n) is 6.50. The van der Waals surface area contributed by atoms with Crippen LogP contribution in [0.25, 0.3) is 0 Å². The lowest BCUT2D eigenvalue weighted by Crippen LogP contribution is -2.55. The first-order valence-electron chi connectivity index (χ1n) is 12.6. The normalized spacial score (nSPS) is 18.6. The molecule has 1 aliphatic rings. The average molecular weight is 536 g/mol. The quantitative estimate of drug-likeness (QED) is 0.471. The minimum absolute atomic E-state index is 0.184. The topological polar surface area (TPSA) is 72.0 Å². The van der Waals surface area contributed by atoms with Crippen molar-refractivity contribution < 1.29 is 32.2 Å². The largest absolute Gasteiger partial charge is 0.476 e. The van der Waals surface area contributed by atoms with Crippen LogP contribution in [0.1, 0.15) is 58.1 Å². The van der Waals surface area contributed by atoms with Crippen molar-refractivity contribution in [1.82, 2.24) is 14.8 Å². The molecule has 0 radical (unpaired) electrons. The highest BCUT2D eigenvalue weighted by molar-refractivity contribution is 5.82. The summed E-state index contributed by atoms with van der Waals surface area (Å²) >= 11 is 0. The standard InChI is InChI=1S/C28H36F3N3O4/c1-26(2,3)38-25(36)34-16-14-22(20(17-34)19-11-8-7-9-12-19)33(6)24(35)27(4,5)18-37-23-21(28(29,30)31)13-10-15-32-23/h7-13,15,20,22H,14,16-18H2,1-6H3/t20-,22+/m1/s1. The SMILES string of the molecule is CN(C(=O)C(C)(C)COc1ncccc1C(F)(F)F)[C@H]1CCN(C(=O)OC(C)(C)C)C[C@@H]1c1ccccc1. The Balaban J connectivity index is 1.78. The number of carbonyl (C=O) groups is 2. The monoisotopic (exact) mass is 535 g/mol. The number of hydrogen-bond acceptors (Lipinski definition) is 5. The van der Waals surface area contributed by atoms with Gasteiger partial charge in [0.25, 0.3) is 0 Å². The fourth-order valence-electron chi connectivity index (χ4n) is 4.58. The van der Waals surface area contributed by atoms with Gasteiger partial charge in [-0.3, -0.25) is 4.79 Å². The van der Waals surface area contributed by atoms with Crippen molar-refractivity contribution in [3.05, 3.63) is 59.8 Å². The summed E-state index contributed by atoms with van der Waals surface area (Å²) in [5.74, 6) is -1.02. The molecular weight excluding hydrogens is 499 g/mol. The number of alkyl halides is 3. The predicted octanol–water partition coefficient (Wildman–Crippen LogP) is 5.76. The van der Waals surface area contributed by atoms with E-state index < -0.39 is 34.7 Å². The van der Waals surface area contributed by atoms with Crippen LogP contribution in [0.5, 0.6) is 5.88 Å². The number of aromatic nitrogens is 1. The molecular formula is C28H36F3N3O4. The average Bonchev–Trinajstić information content (AvgIpc) is 2.85. The Labute approximate surface area is 221 Å². The zero-order valence-electron chi connectivity index (χ0n) is 22.7. The van der Waals surface area contributed by atoms with Crippen LogP contribution in [-0.4, -0.2) is 65.2 Å². The Hall–Kier alpha value is -3.30. The Bertz CT molecular complexity index is 1120. The lowest BCUT2D eigenvalue weighted by molar-refractivity contribution is -0.144. The third-order valence-corrected chi connectivity index (χ3v) is 6.50. The van der Waals surface area contributed by atoms with Gasteiger partial charge in [0.15, 0.2) is 0 Å². The molecule has 2 heterocycles. The van der Waals surface area contributed by atoms with Gasteiger partial charge in [0, 0.05) is 38.3 Å². The van der Waals surface area contributed by atoms with Gasteiger partial charge in [-0.05, 0) is 58.7 Å². The van der Waals surface area contributed by atoms with E-state index in [9.17, 15) is 22.8 Å². The molecule has 10 heteroatoms. The van der Waals surface area contributed by atoms with Gasteiger partial charge in [0.05, 0.1) is 5.41 Å². The number of ether oxygens (including phenoxy) is 2. The number of carbonyl (C=O) groups excluding carboxylic acids is 2. The van der Waals surface area contributed by atoms with Crippen molar-refractivity contribution in [3.8, 4) is 5.88 Å². The van der Waals surface area contributed by atoms with E-state index in [2.05, 4.69) is 4.98 Å². The number of hydrogen-bond donors (Lipinski definition) is 0. The van der Waals surface area contributed by atoms with Crippen LogP contribution in [0.15, 0.2) is 48.7 Å². The summed E-state index contributed by atoms with van der Waals surface area (Å²) in [4.78, 5) is 33.5. The van der Waals surface area contributed by atoms with Gasteiger partial charge in [-0.2, -0.15) is 13.2 Å². The van der Waals surface area contributed by atoms with Crippen molar-refractivity contribution in [2.24, 2.45) is 5.41 Å². The molecule has 2 atom stereocenters. The molecule has 0 unspecified atom stereocenters. The number of halogens is 3. The number of pyridine rings is 1. The zero-order chi connectivity index (χ0) is 28.3. The second kappa shape index (κ2) is 11.2. The van der Waals surface area contributed by atoms with E-state index in [0.717, 1.165) is 11.6 Å². The van der Waals surface area contributed by atoms with Gasteiger partial charge < -0.3 is 19.3 Å². The van der Waals surface area contributed by atoms with E-state index in [1.54, 1.807) is 30.7 Å². The second-order valence-electron chi connectivity index (χ2n) is 11.2. The first-order valence-corrected chi connectivity index (χ1v) is 12.6. The minimum atomic E-state index is -4.63. The number of rotatable bonds is 6. The van der Waals surface area contributed by atoms with E-state index >= 15 is 0 Å². The summed E-state index contributed by atoms with van der Waals surface area (Å²) < 4.78 is 51.1. The summed E-state index contributed by atoms with van der Waals surface area (Å²) in [5, 5.41) is 0. The van der Waals surface area contributed by atoms with Crippen molar-refractivity contribution in [3.63, 3.8) is 0 Å². The van der Waals surface area contributed by atoms with Gasteiger partial charge in [-0.1, -0.05) is 30.3 Å². The third kappa shape index (κ3) is 7.17. The molecule has 1 aromatic carbocycles. The smallest absolute Gasteiger partial charge is 0.421 e. The van der Waals surface area contributed by atoms with Crippen molar-refractivity contribution in [2.75, 3.05) is 26.7 Å². The maximum Gasteiger partial charge on any atom is 0.421 e. The highest BCUT2D eigenvalue weighted by Gasteiger charge is 2.42. The number of amides is 2. The van der Waals surface area contributed by atoms with E-state index in [-0.39, 0.29) is 24.5 Å². The van der Waals surface area contributed by atoms with Crippen LogP contribution >= 0.6 is 0 Å². The van der Waals surface area contributed by atoms with E-state index in [0.29, 0.717) is 19.5 Å². The molecule has 7 nitrogen and oxygen atoms in total. The Morgan fingerprint density at radius 3 is 2.32 bits per heavy atom. The van der Waals surface area contributed by atoms with Crippen molar-refractivity contribution >= 4 is 12.0 Å². The number of benzene rings is 1. The van der Waals surface area contributed by atoms with Crippen LogP contribution in [0.4, 0.5) is 18.0 Å². The Morgan fingerprint density at radius 2 is 1.71 bits per heavy atom. The molecule has 208 valence electrons. The Kier molecular flexibility index (Phi) is 8.63. The first kappa shape index (κ1) is 29.3. The summed E-state index contributed by atoms with van der Waals surface area (Å²) in [6.45, 7) is 9.18. The van der Waals surface area contributed by atoms with Gasteiger partial charge in [-0.15, -0.1) is 0 Å². The molecule has 0 aliphatic carbocycles. The van der Waals surface area contributed by atoms with Crippen LogP contribution in [0, 0.1) is 5.41 Å². The highest BCUT2D eigenvalue weighted by atomic mass is 19.4. The number of likely N-dealkylation sites (tertiary alicyclic amines) is 1. The molecule has 0 N–H and O–H groups in total. The minimum Gasteiger partial charge on any atom is -0.476 e. The number of piperidine rings is 1. The molecule has 2 amide bonds. The maximum atomic E-state index is 13.6. The molecule has 3 rings (SSSR count). The summed E-state index contributed by atoms with van der Waals surface area (Å²) in [7, 11) is 1.69. The first-order chi connectivity index (χ1) is 17.6. The molecule has 0 bridgehead atoms. The molecule has 0 saturated carbocycles. The number of likely N-dealkylation sites (N-methyl/N-ethyl adjacent to an activating group) is 1. The van der Waals surface area contributed by atoms with Gasteiger partial charge in [0.2, 0.25) is 11.8 Å². The summed E-state index contributed by atoms with van der Waals surface area (Å²) in [6.07, 6.45) is -3.31. The second-order valence-corrected chi connectivity index (χ2v) is 11.2. The molecule has 1 fully saturated rings. The zero-order valence-corrected chi connectivity index (χ0v) is 22.7. The maximum absolute atomic E-state index is 13.6. The van der Waals surface area contributed by atoms with Crippen molar-refractivity contribution in [1.29, 1.82) is 0 Å². The van der Waals surface area contributed by atoms with Crippen LogP contribution in [0.3, 0.4) is 0 Å². The lowest BCUT2D eigenvalue weighted by atomic mass is 9.83. The van der Waals surface area contributed by atoms with Crippen LogP contribution in [0.2, 0.25) is 0 Å². The van der Waals surface area contributed by atoms with Crippen LogP contribution in [-0.2, 0) is 15.7 Å². The molecule has 1 aromatic heterocycles. The van der Waals surface area contributed by atoms with Gasteiger partial charge in [-0.25, -0.2) is 9.78 Å². The number of nitrogens with zero attached hydrogens (tertiary/aromatic N) is 3. The van der Waals surface area contributed by atoms with E-state index in [4.69, 9.17) is 9.47 Å². The fraction of sp³-hybridized carbons (Fsp3) is 0.536. The predicted molar refractivity (Wildman–Crippen MR) is 137 cm³/mol. The molecule has 2 aromatic rings. The van der Waals surface area contributed by atoms with Crippen molar-refractivity contribution in [2.45, 2.75) is 64.8 Å². The summed E-state index contributed by atoms with van der Waals surface area (Å²) in [5.41, 5.74) is -1.79. The Morgan fingerprint density at radius 1 is 1.05 bits per heavy atom. The highest BCUT2D eigenvalue weighted by Crippen LogP contribution is 2.36. The van der Waals surface area contributed by atoms with E-state index in [1.165, 1.54) is 12.3 Å². The molecule has 1 aliphatic heterocycles. The van der Waals surface area contributed by atoms with Gasteiger partial charge in [0.1, 0.15) is 17.8 Å². The van der Waals surface area contributed by atoms with Gasteiger partial charge >= 0.3 is 12.3 Å². The fourth-order valence-corrected chi connectivity index (χ4v) is 4.58. The molecule has 38 heavy (non-hydrogen) atoms. The molecule has 1 saturated heterocycles. The van der Waals surface area contributed by atoms with E-state index in [1.807, 2.05) is 51.1 Å². The molecule has 0 spiro atoms. The summed E-state index contributed by atoms with van der Waals surface area (Å²) in [6, 6.07) is 11.5. The van der Waals surface area contributed by atoms with Crippen LogP contribution < -0.4 is 4.74 Å². The lowest BCUT2D eigenvalue weighted by Gasteiger charge is -2.44.